The number of likely N-dealkylation sites (N-methyl/N-ethyl adjacent to an activating group) is 1. The van der Waals surface area contributed by atoms with Gasteiger partial charge >= 0.3 is 5.97 Å². The Bertz CT molecular complexity index is 1240. The van der Waals surface area contributed by atoms with Crippen LogP contribution in [0, 0.1) is 5.92 Å². The van der Waals surface area contributed by atoms with Crippen molar-refractivity contribution < 1.29 is 23.9 Å². The maximum Gasteiger partial charge on any atom is 0.308 e. The number of fused-ring (bicyclic) bond motifs is 1. The third kappa shape index (κ3) is 5.30. The molecule has 0 aliphatic heterocycles. The number of aromatic nitrogens is 1. The van der Waals surface area contributed by atoms with Gasteiger partial charge in [-0.25, -0.2) is 0 Å². The van der Waals surface area contributed by atoms with Gasteiger partial charge in [-0.15, -0.1) is 11.3 Å². The summed E-state index contributed by atoms with van der Waals surface area (Å²) in [5.74, 6) is -0.708. The number of hydrogen-bond acceptors (Lipinski definition) is 6. The molecule has 4 rings (SSSR count). The second kappa shape index (κ2) is 10.9. The number of thiophene rings is 1. The number of hydrogen-bond donors (Lipinski definition) is 1. The highest BCUT2D eigenvalue weighted by Crippen LogP contribution is 2.28. The molecule has 3 aromatic rings. The highest BCUT2D eigenvalue weighted by molar-refractivity contribution is 7.17. The molecule has 0 atom stereocenters. The minimum Gasteiger partial charge on any atom is -0.469 e. The van der Waals surface area contributed by atoms with Gasteiger partial charge in [0.15, 0.2) is 0 Å². The van der Waals surface area contributed by atoms with E-state index in [1.54, 1.807) is 33.7 Å². The summed E-state index contributed by atoms with van der Waals surface area (Å²) in [6.07, 6.45) is 3.52. The summed E-state index contributed by atoms with van der Waals surface area (Å²) in [4.78, 5) is 51.2. The highest BCUT2D eigenvalue weighted by Gasteiger charge is 2.29. The van der Waals surface area contributed by atoms with Crippen molar-refractivity contribution in [2.24, 2.45) is 5.92 Å². The van der Waals surface area contributed by atoms with Gasteiger partial charge in [-0.2, -0.15) is 0 Å². The number of benzene rings is 1. The molecule has 0 saturated heterocycles. The molecule has 9 heteroatoms. The Morgan fingerprint density at radius 2 is 1.94 bits per heavy atom. The molecule has 1 N–H and O–H groups in total. The summed E-state index contributed by atoms with van der Waals surface area (Å²) < 4.78 is 7.54. The molecule has 0 spiro atoms. The van der Waals surface area contributed by atoms with E-state index < -0.39 is 0 Å². The van der Waals surface area contributed by atoms with E-state index >= 15 is 0 Å². The van der Waals surface area contributed by atoms with Crippen LogP contribution in [0.3, 0.4) is 0 Å². The van der Waals surface area contributed by atoms with Crippen LogP contribution in [0.25, 0.3) is 10.2 Å². The first-order valence-corrected chi connectivity index (χ1v) is 12.6. The number of nitrogens with one attached hydrogen (secondary N) is 1. The number of ether oxygens (including phenoxy) is 1. The quantitative estimate of drug-likeness (QED) is 0.376. The van der Waals surface area contributed by atoms with Crippen molar-refractivity contribution in [3.63, 3.8) is 0 Å². The number of nitrogens with zero attached hydrogens (tertiary/aromatic N) is 2. The van der Waals surface area contributed by atoms with Crippen LogP contribution in [0.5, 0.6) is 0 Å². The number of rotatable bonds is 8. The Morgan fingerprint density at radius 3 is 2.63 bits per heavy atom. The minimum atomic E-state index is -0.228. The third-order valence-corrected chi connectivity index (χ3v) is 7.43. The van der Waals surface area contributed by atoms with E-state index in [4.69, 9.17) is 4.74 Å². The van der Waals surface area contributed by atoms with Crippen LogP contribution in [-0.2, 0) is 20.9 Å². The van der Waals surface area contributed by atoms with Gasteiger partial charge < -0.3 is 19.5 Å². The first-order chi connectivity index (χ1) is 16.9. The molecule has 2 heterocycles. The maximum absolute atomic E-state index is 13.3. The molecule has 2 amide bonds. The van der Waals surface area contributed by atoms with Gasteiger partial charge in [0.05, 0.1) is 23.2 Å². The molecule has 35 heavy (non-hydrogen) atoms. The molecule has 1 fully saturated rings. The van der Waals surface area contributed by atoms with Crippen molar-refractivity contribution in [2.75, 3.05) is 18.6 Å². The summed E-state index contributed by atoms with van der Waals surface area (Å²) >= 11 is 1.52. The molecule has 184 valence electrons. The molecule has 0 bridgehead atoms. The number of anilines is 1. The summed E-state index contributed by atoms with van der Waals surface area (Å²) in [5.41, 5.74) is 2.41. The van der Waals surface area contributed by atoms with E-state index in [-0.39, 0.29) is 36.3 Å². The molecular weight excluding hydrogens is 466 g/mol. The number of esters is 1. The van der Waals surface area contributed by atoms with E-state index in [9.17, 15) is 19.2 Å². The van der Waals surface area contributed by atoms with Crippen LogP contribution in [0.15, 0.2) is 41.8 Å². The van der Waals surface area contributed by atoms with Crippen molar-refractivity contribution in [1.29, 1.82) is 0 Å². The van der Waals surface area contributed by atoms with Crippen molar-refractivity contribution in [2.45, 2.75) is 45.2 Å². The number of carbonyl (C=O) groups is 4. The molecule has 0 radical (unpaired) electrons. The van der Waals surface area contributed by atoms with Crippen LogP contribution < -0.4 is 10.2 Å². The van der Waals surface area contributed by atoms with Crippen molar-refractivity contribution in [3.05, 3.63) is 53.0 Å². The standard InChI is InChI=1S/C26H29N3O5S/c1-3-28(20-6-4-5-17(13-20)16-30)24(31)15-29-21-11-12-35-23(21)14-22(29)25(32)27-19-9-7-18(8-10-19)26(33)34-2/h4-6,11-14,16,18-19H,3,7-10,15H2,1-2H3,(H,27,32)/t18-,19-. The first kappa shape index (κ1) is 24.7. The second-order valence-corrected chi connectivity index (χ2v) is 9.63. The summed E-state index contributed by atoms with van der Waals surface area (Å²) in [6, 6.07) is 10.6. The van der Waals surface area contributed by atoms with E-state index in [0.29, 0.717) is 49.2 Å². The maximum atomic E-state index is 13.3. The fourth-order valence-corrected chi connectivity index (χ4v) is 5.55. The van der Waals surface area contributed by atoms with Crippen molar-refractivity contribution >= 4 is 51.3 Å². The van der Waals surface area contributed by atoms with E-state index in [1.807, 2.05) is 24.4 Å². The van der Waals surface area contributed by atoms with Crippen LogP contribution in [0.1, 0.15) is 53.5 Å². The smallest absolute Gasteiger partial charge is 0.308 e. The number of aldehydes is 1. The van der Waals surface area contributed by atoms with Gasteiger partial charge in [0, 0.05) is 23.8 Å². The molecule has 1 aliphatic carbocycles. The Balaban J connectivity index is 1.52. The Morgan fingerprint density at radius 1 is 1.17 bits per heavy atom. The van der Waals surface area contributed by atoms with Gasteiger partial charge in [0.25, 0.3) is 5.91 Å². The van der Waals surface area contributed by atoms with Crippen molar-refractivity contribution in [3.8, 4) is 0 Å². The highest BCUT2D eigenvalue weighted by atomic mass is 32.1. The zero-order chi connectivity index (χ0) is 24.9. The van der Waals surface area contributed by atoms with Gasteiger partial charge in [-0.05, 0) is 62.3 Å². The minimum absolute atomic E-state index is 0.00275. The Kier molecular flexibility index (Phi) is 7.65. The van der Waals surface area contributed by atoms with Gasteiger partial charge in [0.1, 0.15) is 18.5 Å². The lowest BCUT2D eigenvalue weighted by Gasteiger charge is -2.27. The monoisotopic (exact) mass is 495 g/mol. The fraction of sp³-hybridized carbons (Fsp3) is 0.385. The Labute approximate surface area is 207 Å². The van der Waals surface area contributed by atoms with Crippen LogP contribution >= 0.6 is 11.3 Å². The number of methoxy groups -OCH3 is 1. The summed E-state index contributed by atoms with van der Waals surface area (Å²) in [6.45, 7) is 2.30. The molecule has 1 saturated carbocycles. The lowest BCUT2D eigenvalue weighted by Crippen LogP contribution is -2.40. The van der Waals surface area contributed by atoms with Crippen LogP contribution in [0.4, 0.5) is 5.69 Å². The predicted octanol–water partition coefficient (Wildman–Crippen LogP) is 4.03. The van der Waals surface area contributed by atoms with E-state index in [0.717, 1.165) is 16.5 Å². The lowest BCUT2D eigenvalue weighted by atomic mass is 9.86. The molecular formula is C26H29N3O5S. The lowest BCUT2D eigenvalue weighted by molar-refractivity contribution is -0.146. The fourth-order valence-electron chi connectivity index (χ4n) is 4.72. The zero-order valence-electron chi connectivity index (χ0n) is 19.9. The number of carbonyl (C=O) groups excluding carboxylic acids is 4. The second-order valence-electron chi connectivity index (χ2n) is 8.68. The van der Waals surface area contributed by atoms with Gasteiger partial charge in [0.2, 0.25) is 5.91 Å². The third-order valence-electron chi connectivity index (χ3n) is 6.58. The topological polar surface area (TPSA) is 97.7 Å². The van der Waals surface area contributed by atoms with E-state index in [1.165, 1.54) is 18.4 Å². The SMILES string of the molecule is CCN(C(=O)Cn1c(C(=O)N[C@H]2CC[C@H](C(=O)OC)CC2)cc2sccc21)c1cccc(C=O)c1. The van der Waals surface area contributed by atoms with Crippen LogP contribution in [-0.4, -0.2) is 48.3 Å². The van der Waals surface area contributed by atoms with E-state index in [2.05, 4.69) is 5.32 Å². The van der Waals surface area contributed by atoms with Crippen LogP contribution in [0.2, 0.25) is 0 Å². The van der Waals surface area contributed by atoms with Gasteiger partial charge in [-0.3, -0.25) is 19.2 Å². The molecule has 0 unspecified atom stereocenters. The summed E-state index contributed by atoms with van der Waals surface area (Å²) in [5, 5.41) is 5.03. The number of amides is 2. The normalized spacial score (nSPS) is 17.7. The molecule has 2 aromatic heterocycles. The Hall–Kier alpha value is -3.46. The summed E-state index contributed by atoms with van der Waals surface area (Å²) in [7, 11) is 1.40. The largest absolute Gasteiger partial charge is 0.469 e. The average Bonchev–Trinajstić information content (AvgIpc) is 3.47. The van der Waals surface area contributed by atoms with Gasteiger partial charge in [-0.1, -0.05) is 12.1 Å². The molecule has 8 nitrogen and oxygen atoms in total. The molecule has 1 aromatic carbocycles. The predicted molar refractivity (Wildman–Crippen MR) is 135 cm³/mol. The first-order valence-electron chi connectivity index (χ1n) is 11.8. The molecule has 1 aliphatic rings. The average molecular weight is 496 g/mol. The zero-order valence-corrected chi connectivity index (χ0v) is 20.7. The van der Waals surface area contributed by atoms with Crippen molar-refractivity contribution in [1.82, 2.24) is 9.88 Å².